The summed E-state index contributed by atoms with van der Waals surface area (Å²) in [6.07, 6.45) is 5.82. The number of rotatable bonds is 2. The summed E-state index contributed by atoms with van der Waals surface area (Å²) in [5.74, 6) is 0.432. The first-order valence-electron chi connectivity index (χ1n) is 4.75. The van der Waals surface area contributed by atoms with E-state index in [0.717, 1.165) is 6.42 Å². The van der Waals surface area contributed by atoms with Crippen LogP contribution in [0.25, 0.3) is 6.08 Å². The Morgan fingerprint density at radius 2 is 2.54 bits per heavy atom. The lowest BCUT2D eigenvalue weighted by molar-refractivity contribution is 0.249. The van der Waals surface area contributed by atoms with E-state index in [0.29, 0.717) is 12.5 Å². The zero-order chi connectivity index (χ0) is 9.10. The molecule has 1 aliphatic carbocycles. The van der Waals surface area contributed by atoms with Crippen LogP contribution < -0.4 is 0 Å². The normalized spacial score (nSPS) is 25.6. The third kappa shape index (κ3) is 2.01. The fraction of sp³-hybridized carbons (Fsp3) is 0.455. The van der Waals surface area contributed by atoms with E-state index in [1.165, 1.54) is 23.3 Å². The summed E-state index contributed by atoms with van der Waals surface area (Å²) in [7, 11) is 0. The van der Waals surface area contributed by atoms with Crippen LogP contribution in [0.5, 0.6) is 0 Å². The van der Waals surface area contributed by atoms with Crippen LogP contribution in [0.4, 0.5) is 0 Å². The van der Waals surface area contributed by atoms with Crippen LogP contribution in [-0.4, -0.2) is 11.7 Å². The summed E-state index contributed by atoms with van der Waals surface area (Å²) in [6.45, 7) is 0.317. The van der Waals surface area contributed by atoms with Crippen molar-refractivity contribution in [3.63, 3.8) is 0 Å². The fourth-order valence-corrected chi connectivity index (χ4v) is 2.59. The molecule has 1 aliphatic rings. The molecule has 0 aromatic carbocycles. The van der Waals surface area contributed by atoms with E-state index in [9.17, 15) is 0 Å². The third-order valence-corrected chi connectivity index (χ3v) is 3.45. The number of thiophene rings is 1. The Morgan fingerprint density at radius 1 is 1.62 bits per heavy atom. The highest BCUT2D eigenvalue weighted by molar-refractivity contribution is 7.10. The molecule has 1 saturated carbocycles. The molecule has 0 saturated heterocycles. The summed E-state index contributed by atoms with van der Waals surface area (Å²) >= 11 is 1.76. The molecule has 2 heteroatoms. The van der Waals surface area contributed by atoms with Gasteiger partial charge in [-0.1, -0.05) is 11.6 Å². The molecule has 1 fully saturated rings. The second kappa shape index (κ2) is 4.07. The van der Waals surface area contributed by atoms with Crippen LogP contribution in [0, 0.1) is 5.92 Å². The van der Waals surface area contributed by atoms with Gasteiger partial charge in [-0.05, 0) is 36.8 Å². The molecule has 1 aromatic heterocycles. The summed E-state index contributed by atoms with van der Waals surface area (Å²) in [6, 6.07) is 4.20. The van der Waals surface area contributed by atoms with Gasteiger partial charge in [0.05, 0.1) is 0 Å². The zero-order valence-electron chi connectivity index (χ0n) is 7.57. The fourth-order valence-electron chi connectivity index (χ4n) is 1.90. The topological polar surface area (TPSA) is 20.2 Å². The minimum atomic E-state index is 0.317. The van der Waals surface area contributed by atoms with Crippen molar-refractivity contribution in [1.82, 2.24) is 0 Å². The highest BCUT2D eigenvalue weighted by Crippen LogP contribution is 2.32. The van der Waals surface area contributed by atoms with Crippen LogP contribution in [0.2, 0.25) is 0 Å². The van der Waals surface area contributed by atoms with E-state index >= 15 is 0 Å². The monoisotopic (exact) mass is 194 g/mol. The van der Waals surface area contributed by atoms with E-state index in [-0.39, 0.29) is 0 Å². The number of aliphatic hydroxyl groups excluding tert-OH is 1. The molecule has 13 heavy (non-hydrogen) atoms. The lowest BCUT2D eigenvalue weighted by Crippen LogP contribution is -2.01. The largest absolute Gasteiger partial charge is 0.396 e. The van der Waals surface area contributed by atoms with Gasteiger partial charge in [0.25, 0.3) is 0 Å². The molecule has 1 nitrogen and oxygen atoms in total. The Kier molecular flexibility index (Phi) is 2.81. The standard InChI is InChI=1S/C11H14OS/c12-8-10-4-1-3-9(10)7-11-5-2-6-13-11/h2,5-7,10,12H,1,3-4,8H2/b9-7+. The van der Waals surface area contributed by atoms with Gasteiger partial charge < -0.3 is 5.11 Å². The minimum Gasteiger partial charge on any atom is -0.396 e. The van der Waals surface area contributed by atoms with Gasteiger partial charge in [0.2, 0.25) is 0 Å². The number of hydrogen-bond acceptors (Lipinski definition) is 2. The average molecular weight is 194 g/mol. The van der Waals surface area contributed by atoms with Crippen LogP contribution in [-0.2, 0) is 0 Å². The Labute approximate surface area is 82.7 Å². The predicted octanol–water partition coefficient (Wildman–Crippen LogP) is 2.92. The van der Waals surface area contributed by atoms with Gasteiger partial charge in [0, 0.05) is 17.4 Å². The molecule has 0 spiro atoms. The molecule has 70 valence electrons. The maximum atomic E-state index is 9.13. The molecule has 2 rings (SSSR count). The van der Waals surface area contributed by atoms with Crippen molar-refractivity contribution < 1.29 is 5.11 Å². The molecule has 1 unspecified atom stereocenters. The van der Waals surface area contributed by atoms with Gasteiger partial charge in [0.1, 0.15) is 0 Å². The molecule has 1 atom stereocenters. The van der Waals surface area contributed by atoms with Crippen LogP contribution in [0.1, 0.15) is 24.1 Å². The van der Waals surface area contributed by atoms with Gasteiger partial charge in [-0.2, -0.15) is 0 Å². The second-order valence-electron chi connectivity index (χ2n) is 3.51. The average Bonchev–Trinajstić information content (AvgIpc) is 2.76. The van der Waals surface area contributed by atoms with E-state index < -0.39 is 0 Å². The first kappa shape index (κ1) is 8.97. The summed E-state index contributed by atoms with van der Waals surface area (Å²) in [4.78, 5) is 1.32. The third-order valence-electron chi connectivity index (χ3n) is 2.63. The molecular formula is C11H14OS. The van der Waals surface area contributed by atoms with Crippen molar-refractivity contribution >= 4 is 17.4 Å². The van der Waals surface area contributed by atoms with Crippen molar-refractivity contribution in [2.45, 2.75) is 19.3 Å². The molecule has 1 heterocycles. The SMILES string of the molecule is OCC1CCC/C1=C\c1cccs1. The molecular weight excluding hydrogens is 180 g/mol. The van der Waals surface area contributed by atoms with Crippen molar-refractivity contribution in [3.8, 4) is 0 Å². The van der Waals surface area contributed by atoms with E-state index in [2.05, 4.69) is 23.6 Å². The molecule has 1 N–H and O–H groups in total. The smallest absolute Gasteiger partial charge is 0.0496 e. The molecule has 0 aliphatic heterocycles. The van der Waals surface area contributed by atoms with Gasteiger partial charge in [-0.25, -0.2) is 0 Å². The number of aliphatic hydroxyl groups is 1. The maximum Gasteiger partial charge on any atom is 0.0496 e. The summed E-state index contributed by atoms with van der Waals surface area (Å²) in [5, 5.41) is 11.2. The quantitative estimate of drug-likeness (QED) is 0.767. The van der Waals surface area contributed by atoms with Gasteiger partial charge in [0.15, 0.2) is 0 Å². The number of hydrogen-bond donors (Lipinski definition) is 1. The Bertz CT molecular complexity index is 287. The minimum absolute atomic E-state index is 0.317. The molecule has 0 bridgehead atoms. The Morgan fingerprint density at radius 3 is 3.23 bits per heavy atom. The molecule has 0 amide bonds. The zero-order valence-corrected chi connectivity index (χ0v) is 8.39. The van der Waals surface area contributed by atoms with E-state index in [1.807, 2.05) is 0 Å². The summed E-state index contributed by atoms with van der Waals surface area (Å²) < 4.78 is 0. The van der Waals surface area contributed by atoms with Crippen LogP contribution in [0.3, 0.4) is 0 Å². The molecule has 0 radical (unpaired) electrons. The lowest BCUT2D eigenvalue weighted by atomic mass is 10.0. The highest BCUT2D eigenvalue weighted by atomic mass is 32.1. The van der Waals surface area contributed by atoms with Gasteiger partial charge >= 0.3 is 0 Å². The Balaban J connectivity index is 2.15. The van der Waals surface area contributed by atoms with Crippen LogP contribution >= 0.6 is 11.3 Å². The maximum absolute atomic E-state index is 9.13. The van der Waals surface area contributed by atoms with Crippen molar-refractivity contribution in [3.05, 3.63) is 28.0 Å². The van der Waals surface area contributed by atoms with E-state index in [1.54, 1.807) is 11.3 Å². The molecule has 1 aromatic rings. The van der Waals surface area contributed by atoms with Gasteiger partial charge in [-0.15, -0.1) is 11.3 Å². The highest BCUT2D eigenvalue weighted by Gasteiger charge is 2.19. The van der Waals surface area contributed by atoms with Crippen molar-refractivity contribution in [2.24, 2.45) is 5.92 Å². The van der Waals surface area contributed by atoms with E-state index in [4.69, 9.17) is 5.11 Å². The van der Waals surface area contributed by atoms with Crippen LogP contribution in [0.15, 0.2) is 23.1 Å². The van der Waals surface area contributed by atoms with Crippen molar-refractivity contribution in [1.29, 1.82) is 0 Å². The Hall–Kier alpha value is -0.600. The van der Waals surface area contributed by atoms with Gasteiger partial charge in [-0.3, -0.25) is 0 Å². The van der Waals surface area contributed by atoms with Crippen molar-refractivity contribution in [2.75, 3.05) is 6.61 Å². The second-order valence-corrected chi connectivity index (χ2v) is 4.49. The first-order valence-corrected chi connectivity index (χ1v) is 5.63. The lowest BCUT2D eigenvalue weighted by Gasteiger charge is -2.06. The first-order chi connectivity index (χ1) is 6.40. The summed E-state index contributed by atoms with van der Waals surface area (Å²) in [5.41, 5.74) is 1.44. The predicted molar refractivity (Wildman–Crippen MR) is 56.7 cm³/mol.